The van der Waals surface area contributed by atoms with Crippen molar-refractivity contribution < 1.29 is 13.9 Å². The molecular weight excluding hydrogens is 589 g/mol. The third-order valence-electron chi connectivity index (χ3n) is 10.4. The molecule has 7 nitrogen and oxygen atoms in total. The first kappa shape index (κ1) is 33.2. The van der Waals surface area contributed by atoms with Crippen LogP contribution < -0.4 is 4.90 Å². The Labute approximate surface area is 279 Å². The Balaban J connectivity index is 1.13. The molecule has 2 aliphatic heterocycles. The highest BCUT2D eigenvalue weighted by Gasteiger charge is 2.47. The molecule has 2 fully saturated rings. The van der Waals surface area contributed by atoms with Gasteiger partial charge in [0.2, 0.25) is 11.9 Å². The number of amides is 1. The van der Waals surface area contributed by atoms with Gasteiger partial charge in [0.15, 0.2) is 0 Å². The van der Waals surface area contributed by atoms with E-state index in [4.69, 9.17) is 9.72 Å². The van der Waals surface area contributed by atoms with Gasteiger partial charge in [0.1, 0.15) is 5.82 Å². The molecule has 0 radical (unpaired) electrons. The van der Waals surface area contributed by atoms with Crippen molar-refractivity contribution in [2.75, 3.05) is 57.4 Å². The molecule has 0 bridgehead atoms. The third-order valence-corrected chi connectivity index (χ3v) is 10.4. The van der Waals surface area contributed by atoms with E-state index in [-0.39, 0.29) is 17.3 Å². The lowest BCUT2D eigenvalue weighted by molar-refractivity contribution is -0.138. The lowest BCUT2D eigenvalue weighted by Crippen LogP contribution is -2.39. The second kappa shape index (κ2) is 15.4. The van der Waals surface area contributed by atoms with Crippen molar-refractivity contribution >= 4 is 22.9 Å². The zero-order chi connectivity index (χ0) is 32.6. The highest BCUT2D eigenvalue weighted by Crippen LogP contribution is 2.43. The summed E-state index contributed by atoms with van der Waals surface area (Å²) in [6.45, 7) is 11.9. The molecule has 1 amide bonds. The summed E-state index contributed by atoms with van der Waals surface area (Å²) in [6, 6.07) is 25.6. The monoisotopic (exact) mass is 639 g/mol. The van der Waals surface area contributed by atoms with Crippen molar-refractivity contribution in [1.82, 2.24) is 19.4 Å². The molecule has 3 heterocycles. The number of carbonyl (C=O) groups is 1. The van der Waals surface area contributed by atoms with Gasteiger partial charge in [-0.3, -0.25) is 4.79 Å². The number of anilines is 1. The average molecular weight is 640 g/mol. The van der Waals surface area contributed by atoms with Crippen LogP contribution in [0.3, 0.4) is 0 Å². The Morgan fingerprint density at radius 3 is 2.49 bits per heavy atom. The van der Waals surface area contributed by atoms with E-state index in [1.165, 1.54) is 17.7 Å². The summed E-state index contributed by atoms with van der Waals surface area (Å²) in [7, 11) is 0. The van der Waals surface area contributed by atoms with E-state index in [0.29, 0.717) is 19.1 Å². The predicted octanol–water partition coefficient (Wildman–Crippen LogP) is 7.12. The van der Waals surface area contributed by atoms with E-state index in [9.17, 15) is 9.18 Å². The molecule has 3 aromatic carbocycles. The van der Waals surface area contributed by atoms with Crippen molar-refractivity contribution in [2.45, 2.75) is 65.0 Å². The van der Waals surface area contributed by atoms with Gasteiger partial charge in [-0.25, -0.2) is 9.37 Å². The van der Waals surface area contributed by atoms with Gasteiger partial charge >= 0.3 is 0 Å². The molecule has 0 N–H and O–H groups in total. The average Bonchev–Trinajstić information content (AvgIpc) is 3.51. The molecule has 4 aromatic rings. The fourth-order valence-electron chi connectivity index (χ4n) is 7.59. The topological polar surface area (TPSA) is 53.8 Å². The fourth-order valence-corrected chi connectivity index (χ4v) is 7.59. The summed E-state index contributed by atoms with van der Waals surface area (Å²) in [5, 5.41) is 0. The largest absolute Gasteiger partial charge is 0.380 e. The van der Waals surface area contributed by atoms with Crippen LogP contribution in [-0.2, 0) is 22.5 Å². The van der Waals surface area contributed by atoms with Gasteiger partial charge in [0, 0.05) is 39.3 Å². The number of halogens is 1. The maximum atomic E-state index is 14.4. The number of likely N-dealkylation sites (tertiary alicyclic amines) is 1. The van der Waals surface area contributed by atoms with Crippen molar-refractivity contribution in [3.05, 3.63) is 95.8 Å². The minimum absolute atomic E-state index is 0.0522. The van der Waals surface area contributed by atoms with Crippen molar-refractivity contribution in [1.29, 1.82) is 0 Å². The minimum atomic E-state index is -0.373. The van der Waals surface area contributed by atoms with E-state index in [1.807, 2.05) is 25.1 Å². The fraction of sp³-hybridized carbons (Fsp3) is 0.487. The lowest BCUT2D eigenvalue weighted by atomic mass is 9.77. The molecule has 250 valence electrons. The number of ether oxygens (including phenoxy) is 1. The third kappa shape index (κ3) is 7.71. The number of imidazole rings is 1. The van der Waals surface area contributed by atoms with Crippen LogP contribution in [0, 0.1) is 11.2 Å². The quantitative estimate of drug-likeness (QED) is 0.138. The summed E-state index contributed by atoms with van der Waals surface area (Å²) < 4.78 is 21.6. The zero-order valence-electron chi connectivity index (χ0n) is 28.1. The Hall–Kier alpha value is -3.75. The Morgan fingerprint density at radius 1 is 0.894 bits per heavy atom. The van der Waals surface area contributed by atoms with Crippen molar-refractivity contribution in [2.24, 2.45) is 5.41 Å². The SMILES string of the molecule is CCOCCn1c(N2CCCN(CCC3(CCCc4ccc(F)cc4)CCN([C@@H](C)c4ccccc4)C3=O)CC2)nc2ccccc21. The van der Waals surface area contributed by atoms with Gasteiger partial charge in [-0.2, -0.15) is 0 Å². The highest BCUT2D eigenvalue weighted by molar-refractivity contribution is 5.85. The Bertz CT molecular complexity index is 1590. The Kier molecular flexibility index (Phi) is 10.9. The van der Waals surface area contributed by atoms with Crippen LogP contribution in [0.5, 0.6) is 0 Å². The van der Waals surface area contributed by atoms with E-state index in [1.54, 1.807) is 0 Å². The second-order valence-corrected chi connectivity index (χ2v) is 13.3. The number of rotatable bonds is 14. The standard InChI is InChI=1S/C39H50FN5O2/c1-3-47-30-29-45-36-15-8-7-14-35(36)41-38(45)43-24-10-23-42(27-28-43)25-21-39(20-9-11-32-16-18-34(40)19-17-32)22-26-44(37(39)46)31(2)33-12-5-4-6-13-33/h4-8,12-19,31H,3,9-11,20-30H2,1-2H3/t31-,39?/m0/s1. The molecule has 0 spiro atoms. The maximum Gasteiger partial charge on any atom is 0.229 e. The number of carbonyl (C=O) groups excluding carboxylic acids is 1. The molecule has 0 saturated carbocycles. The highest BCUT2D eigenvalue weighted by atomic mass is 19.1. The molecule has 0 aliphatic carbocycles. The number of hydrogen-bond donors (Lipinski definition) is 0. The molecule has 2 aliphatic rings. The van der Waals surface area contributed by atoms with Gasteiger partial charge in [0.05, 0.1) is 29.1 Å². The number of aromatic nitrogens is 2. The van der Waals surface area contributed by atoms with Gasteiger partial charge in [-0.05, 0) is 101 Å². The number of para-hydroxylation sites is 2. The molecule has 6 rings (SSSR count). The number of fused-ring (bicyclic) bond motifs is 1. The summed E-state index contributed by atoms with van der Waals surface area (Å²) in [5.41, 5.74) is 4.11. The van der Waals surface area contributed by atoms with Gasteiger partial charge in [-0.15, -0.1) is 0 Å². The van der Waals surface area contributed by atoms with Crippen LogP contribution in [0.4, 0.5) is 10.3 Å². The molecular formula is C39H50FN5O2. The van der Waals surface area contributed by atoms with Crippen molar-refractivity contribution in [3.63, 3.8) is 0 Å². The number of aryl methyl sites for hydroxylation is 1. The minimum Gasteiger partial charge on any atom is -0.380 e. The van der Waals surface area contributed by atoms with Crippen LogP contribution in [0.1, 0.15) is 63.1 Å². The summed E-state index contributed by atoms with van der Waals surface area (Å²) in [5.74, 6) is 1.12. The normalized spacial score (nSPS) is 19.9. The van der Waals surface area contributed by atoms with Gasteiger partial charge in [-0.1, -0.05) is 54.6 Å². The number of nitrogens with zero attached hydrogens (tertiary/aromatic N) is 5. The van der Waals surface area contributed by atoms with Crippen LogP contribution in [0.15, 0.2) is 78.9 Å². The predicted molar refractivity (Wildman–Crippen MR) is 187 cm³/mol. The van der Waals surface area contributed by atoms with Gasteiger partial charge in [0.25, 0.3) is 0 Å². The van der Waals surface area contributed by atoms with Crippen LogP contribution >= 0.6 is 0 Å². The first-order valence-electron chi connectivity index (χ1n) is 17.6. The van der Waals surface area contributed by atoms with E-state index in [2.05, 4.69) is 74.7 Å². The zero-order valence-corrected chi connectivity index (χ0v) is 28.1. The smallest absolute Gasteiger partial charge is 0.229 e. The van der Waals surface area contributed by atoms with Crippen molar-refractivity contribution in [3.8, 4) is 0 Å². The second-order valence-electron chi connectivity index (χ2n) is 13.3. The lowest BCUT2D eigenvalue weighted by Gasteiger charge is -2.33. The van der Waals surface area contributed by atoms with Gasteiger partial charge < -0.3 is 24.0 Å². The summed E-state index contributed by atoms with van der Waals surface area (Å²) >= 11 is 0. The summed E-state index contributed by atoms with van der Waals surface area (Å²) in [6.07, 6.45) is 5.42. The molecule has 8 heteroatoms. The summed E-state index contributed by atoms with van der Waals surface area (Å²) in [4.78, 5) is 26.6. The molecule has 47 heavy (non-hydrogen) atoms. The van der Waals surface area contributed by atoms with E-state index in [0.717, 1.165) is 107 Å². The molecule has 1 aromatic heterocycles. The molecule has 2 atom stereocenters. The van der Waals surface area contributed by atoms with Crippen LogP contribution in [-0.4, -0.2) is 77.7 Å². The number of hydrogen-bond acceptors (Lipinski definition) is 5. The Morgan fingerprint density at radius 2 is 1.68 bits per heavy atom. The first-order valence-corrected chi connectivity index (χ1v) is 17.6. The molecule has 1 unspecified atom stereocenters. The van der Waals surface area contributed by atoms with Crippen LogP contribution in [0.2, 0.25) is 0 Å². The number of benzene rings is 3. The first-order chi connectivity index (χ1) is 23.0. The van der Waals surface area contributed by atoms with E-state index >= 15 is 0 Å². The van der Waals surface area contributed by atoms with Crippen LogP contribution in [0.25, 0.3) is 11.0 Å². The maximum absolute atomic E-state index is 14.4. The van der Waals surface area contributed by atoms with E-state index < -0.39 is 0 Å². The molecule has 2 saturated heterocycles.